The van der Waals surface area contributed by atoms with Gasteiger partial charge in [-0.3, -0.25) is 14.4 Å². The van der Waals surface area contributed by atoms with Crippen LogP contribution in [0.3, 0.4) is 0 Å². The monoisotopic (exact) mass is 458 g/mol. The number of anilines is 2. The molecule has 1 fully saturated rings. The molecule has 2 amide bonds. The van der Waals surface area contributed by atoms with E-state index < -0.39 is 17.8 Å². The van der Waals surface area contributed by atoms with Crippen molar-refractivity contribution in [1.29, 1.82) is 0 Å². The third kappa shape index (κ3) is 5.23. The molecule has 0 spiro atoms. The van der Waals surface area contributed by atoms with Crippen LogP contribution in [-0.4, -0.2) is 30.9 Å². The van der Waals surface area contributed by atoms with Crippen LogP contribution in [0.25, 0.3) is 0 Å². The zero-order chi connectivity index (χ0) is 21.0. The summed E-state index contributed by atoms with van der Waals surface area (Å²) in [5.41, 5.74) is 3.56. The molecule has 7 heteroatoms. The Balaban J connectivity index is 1.52. The van der Waals surface area contributed by atoms with Crippen molar-refractivity contribution in [2.45, 2.75) is 26.7 Å². The maximum Gasteiger partial charge on any atom is 0.311 e. The molecule has 29 heavy (non-hydrogen) atoms. The first-order chi connectivity index (χ1) is 13.9. The van der Waals surface area contributed by atoms with Crippen LogP contribution in [0, 0.1) is 12.8 Å². The second kappa shape index (κ2) is 9.22. The minimum absolute atomic E-state index is 0.0852. The maximum absolute atomic E-state index is 12.3. The van der Waals surface area contributed by atoms with E-state index in [2.05, 4.69) is 28.2 Å². The van der Waals surface area contributed by atoms with E-state index in [9.17, 15) is 14.4 Å². The number of carbonyl (C=O) groups is 3. The number of esters is 1. The zero-order valence-electron chi connectivity index (χ0n) is 16.4. The van der Waals surface area contributed by atoms with Crippen molar-refractivity contribution in [3.8, 4) is 0 Å². The smallest absolute Gasteiger partial charge is 0.311 e. The van der Waals surface area contributed by atoms with Gasteiger partial charge in [0.25, 0.3) is 5.91 Å². The predicted molar refractivity (Wildman–Crippen MR) is 115 cm³/mol. The highest BCUT2D eigenvalue weighted by molar-refractivity contribution is 9.10. The summed E-state index contributed by atoms with van der Waals surface area (Å²) in [5.74, 6) is -1.65. The Morgan fingerprint density at radius 1 is 1.21 bits per heavy atom. The number of halogens is 1. The van der Waals surface area contributed by atoms with E-state index in [0.717, 1.165) is 22.1 Å². The molecule has 1 heterocycles. The van der Waals surface area contributed by atoms with Crippen LogP contribution in [0.15, 0.2) is 46.9 Å². The van der Waals surface area contributed by atoms with Gasteiger partial charge >= 0.3 is 5.97 Å². The Hall–Kier alpha value is -2.67. The van der Waals surface area contributed by atoms with Crippen LogP contribution < -0.4 is 10.2 Å². The minimum Gasteiger partial charge on any atom is -0.455 e. The summed E-state index contributed by atoms with van der Waals surface area (Å²) in [5, 5.41) is 2.70. The quantitative estimate of drug-likeness (QED) is 0.666. The van der Waals surface area contributed by atoms with Gasteiger partial charge in [-0.2, -0.15) is 0 Å². The topological polar surface area (TPSA) is 75.7 Å². The van der Waals surface area contributed by atoms with Crippen LogP contribution in [-0.2, 0) is 25.5 Å². The summed E-state index contributed by atoms with van der Waals surface area (Å²) >= 11 is 3.40. The van der Waals surface area contributed by atoms with E-state index in [1.165, 1.54) is 5.56 Å². The Morgan fingerprint density at radius 3 is 2.59 bits per heavy atom. The molecule has 3 rings (SSSR count). The average molecular weight is 459 g/mol. The molecule has 0 aliphatic carbocycles. The van der Waals surface area contributed by atoms with Gasteiger partial charge in [0, 0.05) is 28.8 Å². The molecule has 152 valence electrons. The third-order valence-corrected chi connectivity index (χ3v) is 5.79. The molecule has 0 radical (unpaired) electrons. The van der Waals surface area contributed by atoms with E-state index in [-0.39, 0.29) is 25.5 Å². The standard InChI is InChI=1S/C22H23BrN2O4/c1-3-15-4-7-18(8-5-15)25-12-16(11-21(25)27)22(28)29-13-20(26)24-17-6-9-19(23)14(2)10-17/h4-10,16H,3,11-13H2,1-2H3,(H,24,26)/t16-/m0/s1. The van der Waals surface area contributed by atoms with Crippen LogP contribution in [0.5, 0.6) is 0 Å². The lowest BCUT2D eigenvalue weighted by Crippen LogP contribution is -2.28. The minimum atomic E-state index is -0.573. The molecule has 1 aliphatic heterocycles. The number of benzene rings is 2. The molecule has 0 saturated carbocycles. The second-order valence-electron chi connectivity index (χ2n) is 7.05. The van der Waals surface area contributed by atoms with E-state index >= 15 is 0 Å². The van der Waals surface area contributed by atoms with Gasteiger partial charge in [-0.05, 0) is 54.8 Å². The lowest BCUT2D eigenvalue weighted by Gasteiger charge is -2.17. The molecule has 1 aliphatic rings. The van der Waals surface area contributed by atoms with Gasteiger partial charge in [-0.25, -0.2) is 0 Å². The van der Waals surface area contributed by atoms with Gasteiger partial charge in [0.2, 0.25) is 5.91 Å². The van der Waals surface area contributed by atoms with Gasteiger partial charge in [-0.15, -0.1) is 0 Å². The highest BCUT2D eigenvalue weighted by atomic mass is 79.9. The fourth-order valence-electron chi connectivity index (χ4n) is 3.20. The number of ether oxygens (including phenoxy) is 1. The molecule has 2 aromatic rings. The summed E-state index contributed by atoms with van der Waals surface area (Å²) in [7, 11) is 0. The number of hydrogen-bond donors (Lipinski definition) is 1. The van der Waals surface area contributed by atoms with E-state index in [0.29, 0.717) is 5.69 Å². The van der Waals surface area contributed by atoms with Crippen molar-refractivity contribution in [3.63, 3.8) is 0 Å². The van der Waals surface area contributed by atoms with Gasteiger partial charge in [-0.1, -0.05) is 35.0 Å². The van der Waals surface area contributed by atoms with Crippen molar-refractivity contribution in [3.05, 3.63) is 58.1 Å². The van der Waals surface area contributed by atoms with Crippen molar-refractivity contribution in [2.24, 2.45) is 5.92 Å². The van der Waals surface area contributed by atoms with Crippen LogP contribution in [0.1, 0.15) is 24.5 Å². The Bertz CT molecular complexity index is 927. The normalized spacial score (nSPS) is 16.0. The molecule has 6 nitrogen and oxygen atoms in total. The van der Waals surface area contributed by atoms with Gasteiger partial charge < -0.3 is 15.0 Å². The number of amides is 2. The van der Waals surface area contributed by atoms with Crippen molar-refractivity contribution >= 4 is 45.1 Å². The zero-order valence-corrected chi connectivity index (χ0v) is 18.0. The molecule has 0 bridgehead atoms. The number of nitrogens with zero attached hydrogens (tertiary/aromatic N) is 1. The number of aryl methyl sites for hydroxylation is 2. The first kappa shape index (κ1) is 21.0. The third-order valence-electron chi connectivity index (χ3n) is 4.90. The van der Waals surface area contributed by atoms with E-state index in [4.69, 9.17) is 4.74 Å². The Labute approximate surface area is 178 Å². The van der Waals surface area contributed by atoms with Crippen molar-refractivity contribution < 1.29 is 19.1 Å². The summed E-state index contributed by atoms with van der Waals surface area (Å²) in [4.78, 5) is 38.3. The maximum atomic E-state index is 12.3. The summed E-state index contributed by atoms with van der Waals surface area (Å²) in [6.45, 7) is 3.86. The highest BCUT2D eigenvalue weighted by Gasteiger charge is 2.36. The van der Waals surface area contributed by atoms with Crippen molar-refractivity contribution in [1.82, 2.24) is 0 Å². The molecule has 1 atom stereocenters. The van der Waals surface area contributed by atoms with Crippen LogP contribution in [0.2, 0.25) is 0 Å². The molecule has 1 N–H and O–H groups in total. The molecule has 0 aromatic heterocycles. The fraction of sp³-hybridized carbons (Fsp3) is 0.318. The first-order valence-electron chi connectivity index (χ1n) is 9.49. The van der Waals surface area contributed by atoms with Crippen molar-refractivity contribution in [2.75, 3.05) is 23.4 Å². The molecule has 1 saturated heterocycles. The summed E-state index contributed by atoms with van der Waals surface area (Å²) in [6.07, 6.45) is 1.01. The fourth-order valence-corrected chi connectivity index (χ4v) is 3.45. The molecular weight excluding hydrogens is 436 g/mol. The SMILES string of the molecule is CCc1ccc(N2C[C@@H](C(=O)OCC(=O)Nc3ccc(Br)c(C)c3)CC2=O)cc1. The summed E-state index contributed by atoms with van der Waals surface area (Å²) in [6, 6.07) is 13.1. The highest BCUT2D eigenvalue weighted by Crippen LogP contribution is 2.26. The summed E-state index contributed by atoms with van der Waals surface area (Å²) < 4.78 is 6.09. The van der Waals surface area contributed by atoms with Gasteiger partial charge in [0.1, 0.15) is 0 Å². The molecule has 0 unspecified atom stereocenters. The molecular formula is C22H23BrN2O4. The lowest BCUT2D eigenvalue weighted by atomic mass is 10.1. The number of carbonyl (C=O) groups excluding carboxylic acids is 3. The van der Waals surface area contributed by atoms with Crippen LogP contribution >= 0.6 is 15.9 Å². The largest absolute Gasteiger partial charge is 0.455 e. The van der Waals surface area contributed by atoms with Crippen LogP contribution in [0.4, 0.5) is 11.4 Å². The predicted octanol–water partition coefficient (Wildman–Crippen LogP) is 3.85. The van der Waals surface area contributed by atoms with E-state index in [1.54, 1.807) is 11.0 Å². The second-order valence-corrected chi connectivity index (χ2v) is 7.90. The van der Waals surface area contributed by atoms with Gasteiger partial charge in [0.15, 0.2) is 6.61 Å². The number of hydrogen-bond acceptors (Lipinski definition) is 4. The lowest BCUT2D eigenvalue weighted by molar-refractivity contribution is -0.151. The number of rotatable bonds is 6. The average Bonchev–Trinajstić information content (AvgIpc) is 3.11. The molecule has 2 aromatic carbocycles. The number of nitrogens with one attached hydrogen (secondary N) is 1. The Kier molecular flexibility index (Phi) is 6.69. The Morgan fingerprint density at radius 2 is 1.93 bits per heavy atom. The first-order valence-corrected chi connectivity index (χ1v) is 10.3. The van der Waals surface area contributed by atoms with Gasteiger partial charge in [0.05, 0.1) is 5.92 Å². The van der Waals surface area contributed by atoms with E-state index in [1.807, 2.05) is 43.3 Å².